The van der Waals surface area contributed by atoms with Gasteiger partial charge in [0, 0.05) is 0 Å². The SMILES string of the molecule is C1=N[N+]=CN1c1ccccc1. The molecule has 1 radical (unpaired) electrons. The second kappa shape index (κ2) is 2.54. The van der Waals surface area contributed by atoms with Gasteiger partial charge < -0.3 is 0 Å². The number of benzene rings is 1. The van der Waals surface area contributed by atoms with Crippen molar-refractivity contribution in [2.45, 2.75) is 0 Å². The summed E-state index contributed by atoms with van der Waals surface area (Å²) in [6, 6.07) is 9.95. The lowest BCUT2D eigenvalue weighted by atomic mass is 10.3. The largest absolute Gasteiger partial charge is 0.321 e. The molecule has 1 aromatic rings. The molecule has 0 saturated heterocycles. The Balaban J connectivity index is 2.30. The van der Waals surface area contributed by atoms with Crippen LogP contribution in [0.1, 0.15) is 0 Å². The molecule has 0 N–H and O–H groups in total. The Morgan fingerprint density at radius 1 is 1.18 bits per heavy atom. The molecule has 0 spiro atoms. The summed E-state index contributed by atoms with van der Waals surface area (Å²) in [7, 11) is 0. The molecular formula is C8H7N3+. The smallest absolute Gasteiger partial charge is 0.180 e. The van der Waals surface area contributed by atoms with Crippen LogP contribution in [0.25, 0.3) is 0 Å². The van der Waals surface area contributed by atoms with Crippen molar-refractivity contribution in [3.05, 3.63) is 30.3 Å². The minimum Gasteiger partial charge on any atom is -0.180 e. The lowest BCUT2D eigenvalue weighted by Gasteiger charge is -1.98. The fraction of sp³-hybridized carbons (Fsp3) is 0. The molecule has 0 bridgehead atoms. The Kier molecular flexibility index (Phi) is 1.41. The molecule has 1 aromatic carbocycles. The second-order valence-corrected chi connectivity index (χ2v) is 2.20. The van der Waals surface area contributed by atoms with E-state index in [9.17, 15) is 0 Å². The lowest BCUT2D eigenvalue weighted by molar-refractivity contribution is 1.14. The van der Waals surface area contributed by atoms with Crippen molar-refractivity contribution in [3.8, 4) is 0 Å². The minimum atomic E-state index is 1.08. The van der Waals surface area contributed by atoms with Gasteiger partial charge in [0.1, 0.15) is 5.69 Å². The Labute approximate surface area is 64.7 Å². The molecule has 3 heteroatoms. The topological polar surface area (TPSA) is 29.7 Å². The molecular weight excluding hydrogens is 138 g/mol. The number of anilines is 1. The highest BCUT2D eigenvalue weighted by Gasteiger charge is 2.12. The van der Waals surface area contributed by atoms with Crippen molar-refractivity contribution in [3.63, 3.8) is 0 Å². The molecule has 0 fully saturated rings. The van der Waals surface area contributed by atoms with Gasteiger partial charge in [0.25, 0.3) is 0 Å². The van der Waals surface area contributed by atoms with Crippen LogP contribution in [0, 0.1) is 0 Å². The maximum Gasteiger partial charge on any atom is 0.321 e. The van der Waals surface area contributed by atoms with Gasteiger partial charge in [-0.2, -0.15) is 4.90 Å². The molecule has 1 aliphatic heterocycles. The minimum absolute atomic E-state index is 1.08. The molecule has 0 atom stereocenters. The zero-order chi connectivity index (χ0) is 7.52. The van der Waals surface area contributed by atoms with E-state index in [4.69, 9.17) is 0 Å². The first kappa shape index (κ1) is 6.09. The van der Waals surface area contributed by atoms with E-state index in [-0.39, 0.29) is 0 Å². The van der Waals surface area contributed by atoms with Gasteiger partial charge in [0.15, 0.2) is 0 Å². The van der Waals surface area contributed by atoms with Gasteiger partial charge in [-0.1, -0.05) is 18.2 Å². The number of nitrogens with zero attached hydrogens (tertiary/aromatic N) is 3. The fourth-order valence-corrected chi connectivity index (χ4v) is 0.934. The molecule has 11 heavy (non-hydrogen) atoms. The van der Waals surface area contributed by atoms with Crippen LogP contribution in [0.4, 0.5) is 5.69 Å². The monoisotopic (exact) mass is 145 g/mol. The lowest BCUT2D eigenvalue weighted by Crippen LogP contribution is -2.15. The molecule has 0 aromatic heterocycles. The summed E-state index contributed by atoms with van der Waals surface area (Å²) in [5.41, 5.74) is 1.08. The van der Waals surface area contributed by atoms with E-state index in [0.29, 0.717) is 0 Å². The fourth-order valence-electron chi connectivity index (χ4n) is 0.934. The van der Waals surface area contributed by atoms with Crippen LogP contribution in [0.3, 0.4) is 0 Å². The summed E-state index contributed by atoms with van der Waals surface area (Å²) >= 11 is 0. The Morgan fingerprint density at radius 3 is 2.64 bits per heavy atom. The first-order valence-corrected chi connectivity index (χ1v) is 3.37. The Bertz CT molecular complexity index is 277. The van der Waals surface area contributed by atoms with Crippen molar-refractivity contribution in [2.75, 3.05) is 4.90 Å². The molecule has 1 heterocycles. The summed E-state index contributed by atoms with van der Waals surface area (Å²) < 4.78 is 0. The zero-order valence-electron chi connectivity index (χ0n) is 5.88. The molecule has 2 rings (SSSR count). The molecule has 0 aliphatic carbocycles. The maximum absolute atomic E-state index is 3.71. The van der Waals surface area contributed by atoms with Gasteiger partial charge in [-0.15, -0.1) is 0 Å². The standard InChI is InChI=1S/C8H7N3/c1-2-4-8(5-3-1)11-6-9-10-7-11/h1-7H/q+1. The first-order valence-electron chi connectivity index (χ1n) is 3.37. The molecule has 0 saturated carbocycles. The second-order valence-electron chi connectivity index (χ2n) is 2.20. The molecule has 0 unspecified atom stereocenters. The van der Waals surface area contributed by atoms with Crippen molar-refractivity contribution in [2.24, 2.45) is 5.10 Å². The highest BCUT2D eigenvalue weighted by molar-refractivity contribution is 6.01. The van der Waals surface area contributed by atoms with Gasteiger partial charge in [-0.25, -0.2) is 0 Å². The number of rotatable bonds is 1. The summed E-state index contributed by atoms with van der Waals surface area (Å²) in [5.74, 6) is 0. The van der Waals surface area contributed by atoms with E-state index >= 15 is 0 Å². The third-order valence-corrected chi connectivity index (χ3v) is 1.47. The van der Waals surface area contributed by atoms with Gasteiger partial charge in [-0.3, -0.25) is 0 Å². The molecule has 3 nitrogen and oxygen atoms in total. The van der Waals surface area contributed by atoms with Crippen LogP contribution in [-0.4, -0.2) is 12.7 Å². The number of para-hydroxylation sites is 1. The van der Waals surface area contributed by atoms with E-state index < -0.39 is 0 Å². The van der Waals surface area contributed by atoms with E-state index in [1.54, 1.807) is 12.7 Å². The van der Waals surface area contributed by atoms with Crippen LogP contribution < -0.4 is 10.0 Å². The third-order valence-electron chi connectivity index (χ3n) is 1.47. The number of hydrogen-bond acceptors (Lipinski definition) is 3. The summed E-state index contributed by atoms with van der Waals surface area (Å²) in [6.07, 6.45) is 3.35. The van der Waals surface area contributed by atoms with Crippen LogP contribution >= 0.6 is 0 Å². The van der Waals surface area contributed by atoms with Crippen LogP contribution in [0.5, 0.6) is 0 Å². The van der Waals surface area contributed by atoms with Crippen molar-refractivity contribution in [1.29, 1.82) is 0 Å². The average Bonchev–Trinajstić information content (AvgIpc) is 2.58. The normalized spacial score (nSPS) is 14.4. The van der Waals surface area contributed by atoms with E-state index in [1.807, 2.05) is 35.2 Å². The maximum atomic E-state index is 3.71. The van der Waals surface area contributed by atoms with Gasteiger partial charge >= 0.3 is 6.34 Å². The molecule has 0 amide bonds. The zero-order valence-corrected chi connectivity index (χ0v) is 5.88. The summed E-state index contributed by atoms with van der Waals surface area (Å²) in [6.45, 7) is 0. The van der Waals surface area contributed by atoms with Crippen LogP contribution in [0.2, 0.25) is 0 Å². The highest BCUT2D eigenvalue weighted by Crippen LogP contribution is 2.09. The first-order chi connectivity index (χ1) is 5.47. The van der Waals surface area contributed by atoms with E-state index in [0.717, 1.165) is 5.69 Å². The van der Waals surface area contributed by atoms with Gasteiger partial charge in [-0.05, 0) is 17.2 Å². The van der Waals surface area contributed by atoms with Crippen molar-refractivity contribution >= 4 is 18.4 Å². The Morgan fingerprint density at radius 2 is 2.00 bits per heavy atom. The quantitative estimate of drug-likeness (QED) is 0.575. The summed E-state index contributed by atoms with van der Waals surface area (Å²) in [5, 5.41) is 7.42. The average molecular weight is 145 g/mol. The van der Waals surface area contributed by atoms with Gasteiger partial charge in [0.2, 0.25) is 6.34 Å². The Hall–Kier alpha value is -1.64. The predicted molar refractivity (Wildman–Crippen MR) is 45.6 cm³/mol. The third kappa shape index (κ3) is 1.12. The van der Waals surface area contributed by atoms with Crippen LogP contribution in [-0.2, 0) is 0 Å². The van der Waals surface area contributed by atoms with E-state index in [2.05, 4.69) is 10.2 Å². The molecule has 1 aliphatic rings. The van der Waals surface area contributed by atoms with E-state index in [1.165, 1.54) is 0 Å². The van der Waals surface area contributed by atoms with Crippen LogP contribution in [0.15, 0.2) is 35.4 Å². The van der Waals surface area contributed by atoms with Crippen molar-refractivity contribution in [1.82, 2.24) is 5.10 Å². The molecule has 53 valence electrons. The number of hydrogen-bond donors (Lipinski definition) is 0. The van der Waals surface area contributed by atoms with Crippen molar-refractivity contribution < 1.29 is 0 Å². The van der Waals surface area contributed by atoms with Gasteiger partial charge in [0.05, 0.1) is 5.10 Å². The highest BCUT2D eigenvalue weighted by atomic mass is 15.4. The predicted octanol–water partition coefficient (Wildman–Crippen LogP) is 0.814. The summed E-state index contributed by atoms with van der Waals surface area (Å²) in [4.78, 5) is 1.86.